The SMILES string of the molecule is COC(=O)c1c(NC(=S)NNC(=O)c2ccc(COc3ccc(Cl)cc3Cl)o2)sc2c1CCC2. The zero-order chi connectivity index (χ0) is 24.2. The monoisotopic (exact) mass is 539 g/mol. The van der Waals surface area contributed by atoms with E-state index in [1.54, 1.807) is 24.3 Å². The third kappa shape index (κ3) is 5.47. The molecule has 3 aromatic rings. The van der Waals surface area contributed by atoms with Gasteiger partial charge in [-0.25, -0.2) is 4.79 Å². The quantitative estimate of drug-likeness (QED) is 0.225. The molecule has 0 radical (unpaired) electrons. The van der Waals surface area contributed by atoms with Gasteiger partial charge in [-0.15, -0.1) is 11.3 Å². The first-order valence-corrected chi connectivity index (χ1v) is 12.1. The number of rotatable bonds is 6. The number of fused-ring (bicyclic) bond motifs is 1. The highest BCUT2D eigenvalue weighted by molar-refractivity contribution is 7.80. The standard InChI is InChI=1S/C22H19Cl2N3O5S2/c1-30-21(29)18-13-3-2-4-17(13)34-20(18)25-22(33)27-26-19(28)16-8-6-12(32-16)10-31-15-7-5-11(23)9-14(15)24/h5-9H,2-4,10H2,1H3,(H,26,28)(H2,25,27,33). The van der Waals surface area contributed by atoms with E-state index in [1.807, 2.05) is 0 Å². The van der Waals surface area contributed by atoms with Gasteiger partial charge >= 0.3 is 11.9 Å². The first-order valence-electron chi connectivity index (χ1n) is 10.1. The number of ether oxygens (including phenoxy) is 2. The fourth-order valence-electron chi connectivity index (χ4n) is 3.44. The van der Waals surface area contributed by atoms with Gasteiger partial charge in [0, 0.05) is 9.90 Å². The lowest BCUT2D eigenvalue weighted by Gasteiger charge is -2.11. The van der Waals surface area contributed by atoms with Gasteiger partial charge in [0.2, 0.25) is 0 Å². The zero-order valence-corrected chi connectivity index (χ0v) is 21.0. The molecule has 0 bridgehead atoms. The Hall–Kier alpha value is -2.79. The van der Waals surface area contributed by atoms with Crippen LogP contribution in [0.2, 0.25) is 10.0 Å². The van der Waals surface area contributed by atoms with E-state index in [2.05, 4.69) is 16.2 Å². The summed E-state index contributed by atoms with van der Waals surface area (Å²) in [5.41, 5.74) is 6.56. The molecule has 1 aromatic carbocycles. The fourth-order valence-corrected chi connectivity index (χ4v) is 5.40. The molecule has 12 heteroatoms. The average molecular weight is 540 g/mol. The van der Waals surface area contributed by atoms with Gasteiger partial charge in [-0.3, -0.25) is 15.6 Å². The minimum absolute atomic E-state index is 0.0569. The Morgan fingerprint density at radius 3 is 2.76 bits per heavy atom. The molecule has 0 aliphatic heterocycles. The maximum Gasteiger partial charge on any atom is 0.341 e. The highest BCUT2D eigenvalue weighted by Gasteiger charge is 2.27. The lowest BCUT2D eigenvalue weighted by molar-refractivity contribution is 0.0601. The number of amides is 1. The van der Waals surface area contributed by atoms with Gasteiger partial charge < -0.3 is 19.2 Å². The van der Waals surface area contributed by atoms with Crippen molar-refractivity contribution in [2.75, 3.05) is 12.4 Å². The molecule has 0 fully saturated rings. The van der Waals surface area contributed by atoms with Crippen LogP contribution in [0, 0.1) is 0 Å². The summed E-state index contributed by atoms with van der Waals surface area (Å²) in [6, 6.07) is 8.00. The number of halogens is 2. The Morgan fingerprint density at radius 2 is 2.00 bits per heavy atom. The van der Waals surface area contributed by atoms with Crippen molar-refractivity contribution < 1.29 is 23.5 Å². The van der Waals surface area contributed by atoms with Crippen LogP contribution in [0.3, 0.4) is 0 Å². The molecule has 34 heavy (non-hydrogen) atoms. The number of hydrazine groups is 1. The Bertz CT molecular complexity index is 1260. The van der Waals surface area contributed by atoms with Crippen LogP contribution in [0.4, 0.5) is 5.00 Å². The first kappa shape index (κ1) is 24.3. The van der Waals surface area contributed by atoms with Crippen molar-refractivity contribution >= 4 is 68.7 Å². The molecule has 1 aliphatic rings. The van der Waals surface area contributed by atoms with Crippen molar-refractivity contribution in [3.63, 3.8) is 0 Å². The normalized spacial score (nSPS) is 12.1. The van der Waals surface area contributed by atoms with E-state index < -0.39 is 11.9 Å². The van der Waals surface area contributed by atoms with Crippen molar-refractivity contribution in [2.24, 2.45) is 0 Å². The Balaban J connectivity index is 1.31. The van der Waals surface area contributed by atoms with Gasteiger partial charge in [-0.05, 0) is 67.4 Å². The third-order valence-electron chi connectivity index (χ3n) is 4.98. The summed E-state index contributed by atoms with van der Waals surface area (Å²) >= 11 is 18.7. The Labute approximate surface area is 214 Å². The van der Waals surface area contributed by atoms with Crippen LogP contribution < -0.4 is 20.9 Å². The van der Waals surface area contributed by atoms with Crippen molar-refractivity contribution in [1.29, 1.82) is 0 Å². The zero-order valence-electron chi connectivity index (χ0n) is 17.8. The van der Waals surface area contributed by atoms with Crippen LogP contribution in [-0.4, -0.2) is 24.1 Å². The van der Waals surface area contributed by atoms with E-state index in [9.17, 15) is 9.59 Å². The summed E-state index contributed by atoms with van der Waals surface area (Å²) in [6.45, 7) is 0.0708. The largest absolute Gasteiger partial charge is 0.484 e. The Kier molecular flexibility index (Phi) is 7.62. The minimum atomic E-state index is -0.540. The topological polar surface area (TPSA) is 102 Å². The molecular formula is C22H19Cl2N3O5S2. The molecule has 1 aliphatic carbocycles. The molecule has 2 aromatic heterocycles. The van der Waals surface area contributed by atoms with Crippen molar-refractivity contribution in [1.82, 2.24) is 10.9 Å². The second kappa shape index (κ2) is 10.6. The molecule has 0 saturated carbocycles. The number of furan rings is 1. The van der Waals surface area contributed by atoms with Crippen LogP contribution in [0.15, 0.2) is 34.7 Å². The highest BCUT2D eigenvalue weighted by Crippen LogP contribution is 2.39. The number of anilines is 1. The smallest absolute Gasteiger partial charge is 0.341 e. The van der Waals surface area contributed by atoms with E-state index in [-0.39, 0.29) is 17.5 Å². The Morgan fingerprint density at radius 1 is 1.18 bits per heavy atom. The number of carbonyl (C=O) groups is 2. The number of carbonyl (C=O) groups excluding carboxylic acids is 2. The van der Waals surface area contributed by atoms with Gasteiger partial charge in [-0.2, -0.15) is 0 Å². The number of hydrogen-bond donors (Lipinski definition) is 3. The number of thiophene rings is 1. The van der Waals surface area contributed by atoms with E-state index in [1.165, 1.54) is 24.5 Å². The van der Waals surface area contributed by atoms with Gasteiger partial charge in [0.15, 0.2) is 10.9 Å². The number of hydrogen-bond acceptors (Lipinski definition) is 7. The van der Waals surface area contributed by atoms with Crippen molar-refractivity contribution in [2.45, 2.75) is 25.9 Å². The van der Waals surface area contributed by atoms with Gasteiger partial charge in [0.25, 0.3) is 0 Å². The molecule has 0 saturated heterocycles. The molecule has 2 heterocycles. The van der Waals surface area contributed by atoms with Crippen LogP contribution in [0.5, 0.6) is 5.75 Å². The van der Waals surface area contributed by atoms with Crippen LogP contribution in [-0.2, 0) is 24.2 Å². The predicted molar refractivity (Wildman–Crippen MR) is 134 cm³/mol. The van der Waals surface area contributed by atoms with E-state index >= 15 is 0 Å². The van der Waals surface area contributed by atoms with E-state index in [0.29, 0.717) is 32.1 Å². The molecule has 0 atom stereocenters. The van der Waals surface area contributed by atoms with Crippen molar-refractivity contribution in [3.8, 4) is 5.75 Å². The first-order chi connectivity index (χ1) is 16.4. The number of methoxy groups -OCH3 is 1. The lowest BCUT2D eigenvalue weighted by Crippen LogP contribution is -2.43. The average Bonchev–Trinajstić information content (AvgIpc) is 3.53. The van der Waals surface area contributed by atoms with Crippen molar-refractivity contribution in [3.05, 3.63) is 67.9 Å². The molecule has 3 N–H and O–H groups in total. The summed E-state index contributed by atoms with van der Waals surface area (Å²) in [7, 11) is 1.34. The molecule has 0 unspecified atom stereocenters. The van der Waals surface area contributed by atoms with Crippen LogP contribution in [0.25, 0.3) is 0 Å². The van der Waals surface area contributed by atoms with Gasteiger partial charge in [0.05, 0.1) is 17.7 Å². The predicted octanol–water partition coefficient (Wildman–Crippen LogP) is 5.13. The summed E-state index contributed by atoms with van der Waals surface area (Å²) in [5.74, 6) is -0.0349. The fraction of sp³-hybridized carbons (Fsp3) is 0.227. The molecular weight excluding hydrogens is 521 g/mol. The number of nitrogens with one attached hydrogen (secondary N) is 3. The van der Waals surface area contributed by atoms with Gasteiger partial charge in [-0.1, -0.05) is 23.2 Å². The molecule has 8 nitrogen and oxygen atoms in total. The number of thiocarbonyl (C=S) groups is 1. The molecule has 1 amide bonds. The van der Waals surface area contributed by atoms with Gasteiger partial charge in [0.1, 0.15) is 23.1 Å². The molecule has 178 valence electrons. The van der Waals surface area contributed by atoms with E-state index in [0.717, 1.165) is 29.7 Å². The summed E-state index contributed by atoms with van der Waals surface area (Å²) in [4.78, 5) is 25.8. The lowest BCUT2D eigenvalue weighted by atomic mass is 10.1. The number of benzene rings is 1. The highest BCUT2D eigenvalue weighted by atomic mass is 35.5. The summed E-state index contributed by atoms with van der Waals surface area (Å²) in [6.07, 6.45) is 2.74. The summed E-state index contributed by atoms with van der Waals surface area (Å²) in [5, 5.41) is 4.54. The van der Waals surface area contributed by atoms with Crippen LogP contribution >= 0.6 is 46.8 Å². The van der Waals surface area contributed by atoms with E-state index in [4.69, 9.17) is 49.3 Å². The second-order valence-electron chi connectivity index (χ2n) is 7.22. The number of esters is 1. The third-order valence-corrected chi connectivity index (χ3v) is 6.92. The molecule has 4 rings (SSSR count). The molecule has 0 spiro atoms. The maximum atomic E-state index is 12.4. The maximum absolute atomic E-state index is 12.4. The van der Waals surface area contributed by atoms with Crippen LogP contribution in [0.1, 0.15) is 43.5 Å². The second-order valence-corrected chi connectivity index (χ2v) is 9.57. The number of aryl methyl sites for hydroxylation is 1. The minimum Gasteiger partial charge on any atom is -0.484 e. The summed E-state index contributed by atoms with van der Waals surface area (Å²) < 4.78 is 16.0.